The summed E-state index contributed by atoms with van der Waals surface area (Å²) in [5.41, 5.74) is 1.32. The van der Waals surface area contributed by atoms with E-state index in [0.717, 1.165) is 18.5 Å². The van der Waals surface area contributed by atoms with Crippen molar-refractivity contribution in [1.82, 2.24) is 19.9 Å². The number of nitrogens with zero attached hydrogens (tertiary/aromatic N) is 5. The number of aromatic nitrogens is 4. The van der Waals surface area contributed by atoms with Crippen molar-refractivity contribution in [2.75, 3.05) is 23.6 Å². The fourth-order valence-electron chi connectivity index (χ4n) is 3.86. The molecule has 1 aliphatic heterocycles. The number of H-pyrrole nitrogens is 1. The Bertz CT molecular complexity index is 1070. The van der Waals surface area contributed by atoms with Gasteiger partial charge in [0.2, 0.25) is 5.95 Å². The number of anilines is 3. The van der Waals surface area contributed by atoms with Crippen molar-refractivity contribution in [3.63, 3.8) is 0 Å². The SMILES string of the molecule is CCC(CC)N1CN(c2ncc[nH]2)c2nc(-c3ccc(OC(F)(F)F)cc3OC)ncc21. The van der Waals surface area contributed by atoms with Crippen LogP contribution < -0.4 is 19.3 Å². The minimum atomic E-state index is -4.79. The molecule has 1 N–H and O–H groups in total. The smallest absolute Gasteiger partial charge is 0.496 e. The highest BCUT2D eigenvalue weighted by atomic mass is 19.4. The number of aromatic amines is 1. The fourth-order valence-corrected chi connectivity index (χ4v) is 3.86. The first kappa shape index (κ1) is 21.7. The maximum absolute atomic E-state index is 12.6. The molecule has 170 valence electrons. The van der Waals surface area contributed by atoms with Crippen LogP contribution in [0, 0.1) is 0 Å². The van der Waals surface area contributed by atoms with Gasteiger partial charge in [-0.1, -0.05) is 13.8 Å². The summed E-state index contributed by atoms with van der Waals surface area (Å²) in [4.78, 5) is 20.9. The zero-order valence-electron chi connectivity index (χ0n) is 17.8. The highest BCUT2D eigenvalue weighted by Gasteiger charge is 2.34. The summed E-state index contributed by atoms with van der Waals surface area (Å²) in [5.74, 6) is 1.42. The quantitative estimate of drug-likeness (QED) is 0.552. The number of benzene rings is 1. The lowest BCUT2D eigenvalue weighted by Gasteiger charge is -2.28. The summed E-state index contributed by atoms with van der Waals surface area (Å²) >= 11 is 0. The van der Waals surface area contributed by atoms with Crippen LogP contribution in [0.2, 0.25) is 0 Å². The molecule has 1 aromatic carbocycles. The molecular formula is C21H23F3N6O2. The number of hydrogen-bond acceptors (Lipinski definition) is 7. The third-order valence-corrected chi connectivity index (χ3v) is 5.38. The Labute approximate surface area is 183 Å². The Morgan fingerprint density at radius 2 is 1.97 bits per heavy atom. The third-order valence-electron chi connectivity index (χ3n) is 5.38. The van der Waals surface area contributed by atoms with Gasteiger partial charge in [0.1, 0.15) is 23.9 Å². The summed E-state index contributed by atoms with van der Waals surface area (Å²) in [6.07, 6.45) is 2.26. The number of imidazole rings is 1. The van der Waals surface area contributed by atoms with E-state index in [2.05, 4.69) is 38.4 Å². The molecule has 1 aliphatic rings. The van der Waals surface area contributed by atoms with Gasteiger partial charge in [-0.2, -0.15) is 0 Å². The van der Waals surface area contributed by atoms with Crippen LogP contribution in [-0.2, 0) is 0 Å². The number of methoxy groups -OCH3 is 1. The summed E-state index contributed by atoms with van der Waals surface area (Å²) in [5, 5.41) is 0. The minimum Gasteiger partial charge on any atom is -0.496 e. The number of fused-ring (bicyclic) bond motifs is 1. The van der Waals surface area contributed by atoms with Crippen LogP contribution >= 0.6 is 0 Å². The first-order valence-corrected chi connectivity index (χ1v) is 10.2. The van der Waals surface area contributed by atoms with Gasteiger partial charge in [-0.15, -0.1) is 13.2 Å². The van der Waals surface area contributed by atoms with E-state index in [1.807, 2.05) is 4.90 Å². The molecule has 4 rings (SSSR count). The average Bonchev–Trinajstić information content (AvgIpc) is 3.41. The van der Waals surface area contributed by atoms with Crippen molar-refractivity contribution in [3.8, 4) is 22.9 Å². The maximum Gasteiger partial charge on any atom is 0.573 e. The van der Waals surface area contributed by atoms with E-state index in [1.54, 1.807) is 18.6 Å². The lowest BCUT2D eigenvalue weighted by atomic mass is 10.1. The molecule has 0 fully saturated rings. The standard InChI is InChI=1S/C21H23F3N6O2/c1-4-13(5-2)29-12-30(20-25-8-9-26-20)19-16(29)11-27-18(28-19)15-7-6-14(10-17(15)31-3)32-21(22,23)24/h6-11,13H,4-5,12H2,1-3H3,(H,25,26). The number of halogens is 3. The molecule has 0 saturated heterocycles. The summed E-state index contributed by atoms with van der Waals surface area (Å²) in [6.45, 7) is 4.82. The fraction of sp³-hybridized carbons (Fsp3) is 0.381. The molecule has 0 atom stereocenters. The van der Waals surface area contributed by atoms with E-state index < -0.39 is 6.36 Å². The predicted octanol–water partition coefficient (Wildman–Crippen LogP) is 4.88. The Balaban J connectivity index is 1.76. The molecule has 8 nitrogen and oxygen atoms in total. The van der Waals surface area contributed by atoms with Crippen LogP contribution in [0.5, 0.6) is 11.5 Å². The molecule has 2 aromatic heterocycles. The van der Waals surface area contributed by atoms with E-state index in [-0.39, 0.29) is 11.5 Å². The van der Waals surface area contributed by atoms with Crippen LogP contribution in [0.3, 0.4) is 0 Å². The van der Waals surface area contributed by atoms with Gasteiger partial charge >= 0.3 is 6.36 Å². The summed E-state index contributed by atoms with van der Waals surface area (Å²) in [7, 11) is 1.37. The molecule has 32 heavy (non-hydrogen) atoms. The zero-order valence-corrected chi connectivity index (χ0v) is 17.8. The first-order chi connectivity index (χ1) is 15.3. The van der Waals surface area contributed by atoms with E-state index >= 15 is 0 Å². The molecular weight excluding hydrogens is 425 g/mol. The molecule has 0 radical (unpaired) electrons. The summed E-state index contributed by atoms with van der Waals surface area (Å²) < 4.78 is 47.0. The van der Waals surface area contributed by atoms with Crippen molar-refractivity contribution in [1.29, 1.82) is 0 Å². The Kier molecular flexibility index (Phi) is 5.81. The Morgan fingerprint density at radius 1 is 1.19 bits per heavy atom. The van der Waals surface area contributed by atoms with Crippen molar-refractivity contribution in [2.24, 2.45) is 0 Å². The monoisotopic (exact) mass is 448 g/mol. The molecule has 3 heterocycles. The molecule has 11 heteroatoms. The number of alkyl halides is 3. The van der Waals surface area contributed by atoms with E-state index in [1.165, 1.54) is 25.3 Å². The lowest BCUT2D eigenvalue weighted by Crippen LogP contribution is -2.36. The molecule has 0 saturated carbocycles. The van der Waals surface area contributed by atoms with Crippen LogP contribution in [0.4, 0.5) is 30.6 Å². The van der Waals surface area contributed by atoms with Gasteiger partial charge in [-0.05, 0) is 25.0 Å². The number of ether oxygens (including phenoxy) is 2. The van der Waals surface area contributed by atoms with Crippen molar-refractivity contribution >= 4 is 17.5 Å². The second-order valence-corrected chi connectivity index (χ2v) is 7.23. The van der Waals surface area contributed by atoms with Gasteiger partial charge in [0, 0.05) is 24.5 Å². The second-order valence-electron chi connectivity index (χ2n) is 7.23. The Hall–Kier alpha value is -3.50. The third kappa shape index (κ3) is 4.14. The molecule has 0 aliphatic carbocycles. The number of nitrogens with one attached hydrogen (secondary N) is 1. The topological polar surface area (TPSA) is 79.4 Å². The second kappa shape index (κ2) is 8.56. The van der Waals surface area contributed by atoms with Gasteiger partial charge < -0.3 is 19.4 Å². The van der Waals surface area contributed by atoms with E-state index in [4.69, 9.17) is 9.72 Å². The van der Waals surface area contributed by atoms with Crippen molar-refractivity contribution in [2.45, 2.75) is 39.1 Å². The van der Waals surface area contributed by atoms with Crippen molar-refractivity contribution in [3.05, 3.63) is 36.8 Å². The largest absolute Gasteiger partial charge is 0.573 e. The van der Waals surface area contributed by atoms with Crippen LogP contribution in [-0.4, -0.2) is 46.1 Å². The molecule has 3 aromatic rings. The van der Waals surface area contributed by atoms with Gasteiger partial charge in [-0.3, -0.25) is 4.90 Å². The molecule has 0 spiro atoms. The number of rotatable bonds is 7. The predicted molar refractivity (Wildman–Crippen MR) is 113 cm³/mol. The molecule has 0 bridgehead atoms. The number of hydrogen-bond donors (Lipinski definition) is 1. The van der Waals surface area contributed by atoms with Crippen LogP contribution in [0.25, 0.3) is 11.4 Å². The van der Waals surface area contributed by atoms with Gasteiger partial charge in [0.05, 0.1) is 18.9 Å². The molecule has 0 amide bonds. The van der Waals surface area contributed by atoms with Gasteiger partial charge in [-0.25, -0.2) is 15.0 Å². The highest BCUT2D eigenvalue weighted by molar-refractivity contribution is 5.79. The van der Waals surface area contributed by atoms with Gasteiger partial charge in [0.15, 0.2) is 11.6 Å². The summed E-state index contributed by atoms with van der Waals surface area (Å²) in [6, 6.07) is 4.13. The van der Waals surface area contributed by atoms with E-state index in [9.17, 15) is 13.2 Å². The Morgan fingerprint density at radius 3 is 2.59 bits per heavy atom. The first-order valence-electron chi connectivity index (χ1n) is 10.2. The van der Waals surface area contributed by atoms with Crippen LogP contribution in [0.1, 0.15) is 26.7 Å². The van der Waals surface area contributed by atoms with Crippen LogP contribution in [0.15, 0.2) is 36.8 Å². The minimum absolute atomic E-state index is 0.172. The van der Waals surface area contributed by atoms with Gasteiger partial charge in [0.25, 0.3) is 0 Å². The highest BCUT2D eigenvalue weighted by Crippen LogP contribution is 2.41. The lowest BCUT2D eigenvalue weighted by molar-refractivity contribution is -0.274. The zero-order chi connectivity index (χ0) is 22.9. The van der Waals surface area contributed by atoms with E-state index in [0.29, 0.717) is 35.9 Å². The molecule has 0 unspecified atom stereocenters. The normalized spacial score (nSPS) is 13.6. The maximum atomic E-state index is 12.6. The van der Waals surface area contributed by atoms with Crippen molar-refractivity contribution < 1.29 is 22.6 Å². The average molecular weight is 448 g/mol.